The average Bonchev–Trinajstić information content (AvgIpc) is 2.71. The number of carbonyl (C=O) groups excluding carboxylic acids is 1. The molecule has 1 unspecified atom stereocenters. The van der Waals surface area contributed by atoms with Gasteiger partial charge in [-0.25, -0.2) is 9.18 Å². The van der Waals surface area contributed by atoms with Crippen molar-refractivity contribution in [2.45, 2.75) is 18.6 Å². The van der Waals surface area contributed by atoms with Gasteiger partial charge in [-0.05, 0) is 28.1 Å². The van der Waals surface area contributed by atoms with Gasteiger partial charge in [-0.3, -0.25) is 4.79 Å². The number of halogens is 2. The highest BCUT2D eigenvalue weighted by Gasteiger charge is 2.40. The zero-order valence-electron chi connectivity index (χ0n) is 9.72. The molecule has 19 heavy (non-hydrogen) atoms. The van der Waals surface area contributed by atoms with Crippen LogP contribution in [0.3, 0.4) is 0 Å². The van der Waals surface area contributed by atoms with Crippen LogP contribution in [0.5, 0.6) is 0 Å². The van der Waals surface area contributed by atoms with Crippen molar-refractivity contribution >= 4 is 27.8 Å². The maximum absolute atomic E-state index is 13.7. The molecular formula is C12H11BrFNO4. The fraction of sp³-hybridized carbons (Fsp3) is 0.333. The molecule has 1 fully saturated rings. The van der Waals surface area contributed by atoms with E-state index in [0.717, 1.165) is 11.0 Å². The molecule has 2 atom stereocenters. The molecule has 0 aliphatic carbocycles. The number of rotatable bonds is 2. The minimum atomic E-state index is -1.21. The van der Waals surface area contributed by atoms with E-state index >= 15 is 0 Å². The third-order valence-electron chi connectivity index (χ3n) is 3.00. The zero-order chi connectivity index (χ0) is 14.2. The van der Waals surface area contributed by atoms with E-state index in [-0.39, 0.29) is 23.0 Å². The molecule has 1 heterocycles. The van der Waals surface area contributed by atoms with Gasteiger partial charge in [0.15, 0.2) is 0 Å². The molecule has 7 heteroatoms. The van der Waals surface area contributed by atoms with Crippen molar-refractivity contribution in [1.29, 1.82) is 0 Å². The number of benzene rings is 1. The molecule has 0 saturated carbocycles. The Balaban J connectivity index is 2.36. The second-order valence-corrected chi connectivity index (χ2v) is 5.15. The summed E-state index contributed by atoms with van der Waals surface area (Å²) in [5.74, 6) is -2.68. The summed E-state index contributed by atoms with van der Waals surface area (Å²) in [7, 11) is 0. The molecule has 0 radical (unpaired) electrons. The highest BCUT2D eigenvalue weighted by atomic mass is 79.9. The smallest absolute Gasteiger partial charge is 0.326 e. The Morgan fingerprint density at radius 2 is 2.11 bits per heavy atom. The quantitative estimate of drug-likeness (QED) is 0.854. The third kappa shape index (κ3) is 2.62. The summed E-state index contributed by atoms with van der Waals surface area (Å²) in [5.41, 5.74) is -0.220. The summed E-state index contributed by atoms with van der Waals surface area (Å²) in [4.78, 5) is 24.3. The Labute approximate surface area is 116 Å². The van der Waals surface area contributed by atoms with Gasteiger partial charge in [-0.2, -0.15) is 0 Å². The molecule has 1 aromatic rings. The fourth-order valence-electron chi connectivity index (χ4n) is 2.12. The average molecular weight is 332 g/mol. The maximum atomic E-state index is 13.7. The summed E-state index contributed by atoms with van der Waals surface area (Å²) in [6.07, 6.45) is -0.955. The van der Waals surface area contributed by atoms with Crippen LogP contribution < -0.4 is 0 Å². The molecule has 1 saturated heterocycles. The van der Waals surface area contributed by atoms with E-state index in [1.54, 1.807) is 0 Å². The lowest BCUT2D eigenvalue weighted by molar-refractivity contribution is -0.141. The number of likely N-dealkylation sites (tertiary alicyclic amines) is 1. The molecule has 0 bridgehead atoms. The largest absolute Gasteiger partial charge is 0.480 e. The van der Waals surface area contributed by atoms with Crippen LogP contribution >= 0.6 is 15.9 Å². The van der Waals surface area contributed by atoms with Crippen LogP contribution in [0.4, 0.5) is 4.39 Å². The van der Waals surface area contributed by atoms with E-state index in [9.17, 15) is 19.1 Å². The standard InChI is InChI=1S/C12H11BrFNO4/c13-7-2-1-3-8(14)10(7)11(17)15-5-6(16)4-9(15)12(18)19/h1-3,6,9,16H,4-5H2,(H,18,19)/t6?,9-/m0/s1. The number of carboxylic acids is 1. The Kier molecular flexibility index (Phi) is 3.86. The van der Waals surface area contributed by atoms with Crippen molar-refractivity contribution in [3.63, 3.8) is 0 Å². The lowest BCUT2D eigenvalue weighted by atomic mass is 10.1. The Morgan fingerprint density at radius 3 is 2.68 bits per heavy atom. The van der Waals surface area contributed by atoms with E-state index in [0.29, 0.717) is 0 Å². The van der Waals surface area contributed by atoms with Crippen LogP contribution in [0.1, 0.15) is 16.8 Å². The van der Waals surface area contributed by atoms with Crippen molar-refractivity contribution < 1.29 is 24.2 Å². The van der Waals surface area contributed by atoms with Gasteiger partial charge < -0.3 is 15.1 Å². The van der Waals surface area contributed by atoms with Crippen molar-refractivity contribution in [3.8, 4) is 0 Å². The van der Waals surface area contributed by atoms with Gasteiger partial charge in [-0.15, -0.1) is 0 Å². The maximum Gasteiger partial charge on any atom is 0.326 e. The Bertz CT molecular complexity index is 516. The summed E-state index contributed by atoms with van der Waals surface area (Å²) in [5, 5.41) is 18.5. The number of aliphatic hydroxyl groups is 1. The highest BCUT2D eigenvalue weighted by molar-refractivity contribution is 9.10. The summed E-state index contributed by atoms with van der Waals surface area (Å²) in [6, 6.07) is 2.93. The second-order valence-electron chi connectivity index (χ2n) is 4.30. The van der Waals surface area contributed by atoms with Crippen molar-refractivity contribution in [2.75, 3.05) is 6.54 Å². The predicted octanol–water partition coefficient (Wildman–Crippen LogP) is 1.25. The van der Waals surface area contributed by atoms with Crippen LogP contribution in [-0.2, 0) is 4.79 Å². The molecule has 0 aromatic heterocycles. The van der Waals surface area contributed by atoms with Crippen molar-refractivity contribution in [1.82, 2.24) is 4.90 Å². The molecule has 0 spiro atoms. The van der Waals surface area contributed by atoms with E-state index in [1.807, 2.05) is 0 Å². The number of hydrogen-bond donors (Lipinski definition) is 2. The number of aliphatic carboxylic acids is 1. The molecule has 1 aliphatic heterocycles. The first kappa shape index (κ1) is 14.0. The zero-order valence-corrected chi connectivity index (χ0v) is 11.3. The first-order chi connectivity index (χ1) is 8.91. The molecule has 1 amide bonds. The van der Waals surface area contributed by atoms with Crippen LogP contribution in [0.15, 0.2) is 22.7 Å². The number of nitrogens with zero attached hydrogens (tertiary/aromatic N) is 1. The van der Waals surface area contributed by atoms with Crippen LogP contribution in [0.2, 0.25) is 0 Å². The Morgan fingerprint density at radius 1 is 1.42 bits per heavy atom. The number of aliphatic hydroxyl groups excluding tert-OH is 1. The first-order valence-electron chi connectivity index (χ1n) is 5.57. The van der Waals surface area contributed by atoms with Gasteiger partial charge in [0.25, 0.3) is 5.91 Å². The molecule has 2 rings (SSSR count). The number of carbonyl (C=O) groups is 2. The van der Waals surface area contributed by atoms with E-state index in [2.05, 4.69) is 15.9 Å². The number of amides is 1. The molecule has 5 nitrogen and oxygen atoms in total. The molecule has 1 aliphatic rings. The van der Waals surface area contributed by atoms with Gasteiger partial charge in [0.1, 0.15) is 11.9 Å². The molecule has 2 N–H and O–H groups in total. The van der Waals surface area contributed by atoms with Gasteiger partial charge in [0, 0.05) is 17.4 Å². The second kappa shape index (κ2) is 5.26. The summed E-state index contributed by atoms with van der Waals surface area (Å²) < 4.78 is 13.9. The third-order valence-corrected chi connectivity index (χ3v) is 3.66. The van der Waals surface area contributed by atoms with Crippen LogP contribution in [-0.4, -0.2) is 45.7 Å². The van der Waals surface area contributed by atoms with Gasteiger partial charge in [0.05, 0.1) is 11.7 Å². The van der Waals surface area contributed by atoms with E-state index in [4.69, 9.17) is 5.11 Å². The van der Waals surface area contributed by atoms with Crippen LogP contribution in [0.25, 0.3) is 0 Å². The first-order valence-corrected chi connectivity index (χ1v) is 6.37. The van der Waals surface area contributed by atoms with E-state index < -0.39 is 29.8 Å². The summed E-state index contributed by atoms with van der Waals surface area (Å²) >= 11 is 3.07. The predicted molar refractivity (Wildman–Crippen MR) is 67.2 cm³/mol. The van der Waals surface area contributed by atoms with Crippen molar-refractivity contribution in [3.05, 3.63) is 34.1 Å². The minimum Gasteiger partial charge on any atom is -0.480 e. The van der Waals surface area contributed by atoms with E-state index in [1.165, 1.54) is 12.1 Å². The lowest BCUT2D eigenvalue weighted by Gasteiger charge is -2.21. The number of hydrogen-bond acceptors (Lipinski definition) is 3. The minimum absolute atomic E-state index is 0.0485. The van der Waals surface area contributed by atoms with Gasteiger partial charge >= 0.3 is 5.97 Å². The lowest BCUT2D eigenvalue weighted by Crippen LogP contribution is -2.41. The molecule has 1 aromatic carbocycles. The van der Waals surface area contributed by atoms with Crippen molar-refractivity contribution in [2.24, 2.45) is 0 Å². The topological polar surface area (TPSA) is 77.8 Å². The van der Waals surface area contributed by atoms with Gasteiger partial charge in [-0.1, -0.05) is 6.07 Å². The Hall–Kier alpha value is -1.47. The number of carboxylic acid groups (broad SMARTS) is 1. The molecule has 102 valence electrons. The van der Waals surface area contributed by atoms with Gasteiger partial charge in [0.2, 0.25) is 0 Å². The fourth-order valence-corrected chi connectivity index (χ4v) is 2.63. The molecular weight excluding hydrogens is 321 g/mol. The van der Waals surface area contributed by atoms with Crippen LogP contribution in [0, 0.1) is 5.82 Å². The highest BCUT2D eigenvalue weighted by Crippen LogP contribution is 2.26. The summed E-state index contributed by atoms with van der Waals surface area (Å²) in [6.45, 7) is -0.115. The number of β-amino-alcohol motifs (C(OH)–C–C–N with tert-alkyl or cyclic N) is 1. The SMILES string of the molecule is O=C(O)[C@@H]1CC(O)CN1C(=O)c1c(F)cccc1Br. The monoisotopic (exact) mass is 331 g/mol. The normalized spacial score (nSPS) is 22.6.